The highest BCUT2D eigenvalue weighted by Crippen LogP contribution is 2.08. The lowest BCUT2D eigenvalue weighted by Crippen LogP contribution is -2.32. The summed E-state index contributed by atoms with van der Waals surface area (Å²) in [5, 5.41) is 8.91. The van der Waals surface area contributed by atoms with Gasteiger partial charge in [0.05, 0.1) is 13.2 Å². The number of hydrogen-bond acceptors (Lipinski definition) is 5. The largest absolute Gasteiger partial charge is 0.383 e. The molecule has 0 aliphatic rings. The second-order valence-corrected chi connectivity index (χ2v) is 4.03. The summed E-state index contributed by atoms with van der Waals surface area (Å²) in [4.78, 5) is 15.8. The van der Waals surface area contributed by atoms with Gasteiger partial charge in [-0.05, 0) is 18.6 Å². The Hall–Kier alpha value is -1.82. The van der Waals surface area contributed by atoms with Crippen LogP contribution in [0, 0.1) is 0 Å². The second-order valence-electron chi connectivity index (χ2n) is 4.03. The number of methoxy groups -OCH3 is 1. The first-order valence-electron chi connectivity index (χ1n) is 6.46. The summed E-state index contributed by atoms with van der Waals surface area (Å²) in [5.41, 5.74) is 0. The van der Waals surface area contributed by atoms with E-state index in [1.54, 1.807) is 7.11 Å². The predicted molar refractivity (Wildman–Crippen MR) is 76.4 cm³/mol. The molecule has 0 spiro atoms. The Morgan fingerprint density at radius 2 is 2.00 bits per heavy atom. The molecule has 0 bridgehead atoms. The molecule has 0 radical (unpaired) electrons. The molecule has 0 aliphatic heterocycles. The fraction of sp³-hybridized carbons (Fsp3) is 0.538. The maximum atomic E-state index is 11.5. The molecule has 6 heteroatoms. The summed E-state index contributed by atoms with van der Waals surface area (Å²) in [6.45, 7) is 4.21. The van der Waals surface area contributed by atoms with E-state index in [0.717, 1.165) is 18.8 Å². The molecule has 0 saturated carbocycles. The van der Waals surface area contributed by atoms with Gasteiger partial charge in [-0.15, -0.1) is 0 Å². The normalized spacial score (nSPS) is 10.0. The smallest absolute Gasteiger partial charge is 0.239 e. The Kier molecular flexibility index (Phi) is 7.34. The van der Waals surface area contributed by atoms with Crippen molar-refractivity contribution in [3.63, 3.8) is 0 Å². The van der Waals surface area contributed by atoms with Gasteiger partial charge in [0.25, 0.3) is 0 Å². The zero-order chi connectivity index (χ0) is 13.9. The van der Waals surface area contributed by atoms with Crippen LogP contribution >= 0.6 is 0 Å². The summed E-state index contributed by atoms with van der Waals surface area (Å²) in [6.07, 6.45) is 1.04. The number of carbonyl (C=O) groups is 1. The van der Waals surface area contributed by atoms with E-state index >= 15 is 0 Å². The van der Waals surface area contributed by atoms with E-state index in [9.17, 15) is 4.79 Å². The maximum absolute atomic E-state index is 11.5. The molecule has 0 unspecified atom stereocenters. The molecular formula is C13H22N4O2. The van der Waals surface area contributed by atoms with Crippen LogP contribution in [0.5, 0.6) is 0 Å². The Bertz CT molecular complexity index is 385. The molecule has 0 saturated heterocycles. The Morgan fingerprint density at radius 3 is 2.68 bits per heavy atom. The third-order valence-electron chi connectivity index (χ3n) is 2.36. The number of hydrogen-bond donors (Lipinski definition) is 3. The highest BCUT2D eigenvalue weighted by Gasteiger charge is 2.01. The van der Waals surface area contributed by atoms with Gasteiger partial charge >= 0.3 is 0 Å². The quantitative estimate of drug-likeness (QED) is 0.583. The topological polar surface area (TPSA) is 75.3 Å². The van der Waals surface area contributed by atoms with Gasteiger partial charge in [0.1, 0.15) is 11.6 Å². The molecule has 1 aromatic rings. The molecule has 1 amide bonds. The van der Waals surface area contributed by atoms with E-state index in [-0.39, 0.29) is 12.5 Å². The van der Waals surface area contributed by atoms with Crippen molar-refractivity contribution in [2.24, 2.45) is 0 Å². The van der Waals surface area contributed by atoms with Gasteiger partial charge in [-0.25, -0.2) is 4.98 Å². The van der Waals surface area contributed by atoms with Gasteiger partial charge in [-0.3, -0.25) is 4.79 Å². The maximum Gasteiger partial charge on any atom is 0.239 e. The minimum atomic E-state index is -0.0780. The lowest BCUT2D eigenvalue weighted by atomic mass is 10.4. The Balaban J connectivity index is 2.33. The van der Waals surface area contributed by atoms with Crippen LogP contribution < -0.4 is 16.0 Å². The molecule has 1 aromatic heterocycles. The van der Waals surface area contributed by atoms with Crippen molar-refractivity contribution < 1.29 is 9.53 Å². The van der Waals surface area contributed by atoms with Crippen molar-refractivity contribution in [2.75, 3.05) is 44.0 Å². The summed E-state index contributed by atoms with van der Waals surface area (Å²) in [6, 6.07) is 5.63. The third-order valence-corrected chi connectivity index (χ3v) is 2.36. The summed E-state index contributed by atoms with van der Waals surface area (Å²) >= 11 is 0. The third kappa shape index (κ3) is 6.61. The monoisotopic (exact) mass is 266 g/mol. The number of nitrogens with zero attached hydrogens (tertiary/aromatic N) is 1. The zero-order valence-electron chi connectivity index (χ0n) is 11.5. The van der Waals surface area contributed by atoms with Gasteiger partial charge in [0.2, 0.25) is 5.91 Å². The van der Waals surface area contributed by atoms with Crippen LogP contribution in [-0.2, 0) is 9.53 Å². The van der Waals surface area contributed by atoms with Gasteiger partial charge in [0.15, 0.2) is 0 Å². The summed E-state index contributed by atoms with van der Waals surface area (Å²) in [7, 11) is 1.60. The van der Waals surface area contributed by atoms with Crippen molar-refractivity contribution in [1.29, 1.82) is 0 Å². The predicted octanol–water partition coefficient (Wildman–Crippen LogP) is 1.08. The molecular weight excluding hydrogens is 244 g/mol. The molecule has 6 nitrogen and oxygen atoms in total. The average molecular weight is 266 g/mol. The number of carbonyl (C=O) groups excluding carboxylic acids is 1. The van der Waals surface area contributed by atoms with Crippen molar-refractivity contribution in [3.8, 4) is 0 Å². The number of anilines is 2. The lowest BCUT2D eigenvalue weighted by Gasteiger charge is -2.09. The SMILES string of the molecule is CCCNc1cccc(NCC(=O)NCCOC)n1. The van der Waals surface area contributed by atoms with Crippen molar-refractivity contribution in [2.45, 2.75) is 13.3 Å². The molecule has 0 atom stereocenters. The molecule has 0 fully saturated rings. The van der Waals surface area contributed by atoms with Crippen LogP contribution in [0.4, 0.5) is 11.6 Å². The highest BCUT2D eigenvalue weighted by atomic mass is 16.5. The van der Waals surface area contributed by atoms with Crippen molar-refractivity contribution in [3.05, 3.63) is 18.2 Å². The summed E-state index contributed by atoms with van der Waals surface area (Å²) in [5.74, 6) is 1.42. The van der Waals surface area contributed by atoms with E-state index in [2.05, 4.69) is 27.9 Å². The van der Waals surface area contributed by atoms with E-state index < -0.39 is 0 Å². The van der Waals surface area contributed by atoms with Crippen LogP contribution in [0.15, 0.2) is 18.2 Å². The van der Waals surface area contributed by atoms with E-state index in [0.29, 0.717) is 19.0 Å². The van der Waals surface area contributed by atoms with Crippen LogP contribution in [0.2, 0.25) is 0 Å². The van der Waals surface area contributed by atoms with Crippen LogP contribution in [0.3, 0.4) is 0 Å². The van der Waals surface area contributed by atoms with Crippen molar-refractivity contribution >= 4 is 17.5 Å². The highest BCUT2D eigenvalue weighted by molar-refractivity contribution is 5.80. The molecule has 106 valence electrons. The van der Waals surface area contributed by atoms with E-state index in [1.165, 1.54) is 0 Å². The van der Waals surface area contributed by atoms with Crippen LogP contribution in [0.25, 0.3) is 0 Å². The van der Waals surface area contributed by atoms with Gasteiger partial charge in [-0.2, -0.15) is 0 Å². The first-order valence-corrected chi connectivity index (χ1v) is 6.46. The average Bonchev–Trinajstić information content (AvgIpc) is 2.44. The van der Waals surface area contributed by atoms with Crippen molar-refractivity contribution in [1.82, 2.24) is 10.3 Å². The molecule has 19 heavy (non-hydrogen) atoms. The molecule has 1 rings (SSSR count). The molecule has 0 aliphatic carbocycles. The number of amides is 1. The van der Waals surface area contributed by atoms with Gasteiger partial charge in [-0.1, -0.05) is 13.0 Å². The number of aromatic nitrogens is 1. The standard InChI is InChI=1S/C13H22N4O2/c1-3-7-14-11-5-4-6-12(17-11)16-10-13(18)15-8-9-19-2/h4-6H,3,7-10H2,1-2H3,(H,15,18)(H2,14,16,17). The molecule has 3 N–H and O–H groups in total. The zero-order valence-corrected chi connectivity index (χ0v) is 11.5. The fourth-order valence-electron chi connectivity index (χ4n) is 1.41. The number of pyridine rings is 1. The number of rotatable bonds is 9. The Labute approximate surface area is 113 Å². The van der Waals surface area contributed by atoms with E-state index in [4.69, 9.17) is 4.74 Å². The first-order chi connectivity index (χ1) is 9.26. The second kappa shape index (κ2) is 9.16. The fourth-order valence-corrected chi connectivity index (χ4v) is 1.41. The lowest BCUT2D eigenvalue weighted by molar-refractivity contribution is -0.119. The van der Waals surface area contributed by atoms with E-state index in [1.807, 2.05) is 18.2 Å². The molecule has 1 heterocycles. The Morgan fingerprint density at radius 1 is 1.26 bits per heavy atom. The summed E-state index contributed by atoms with van der Waals surface area (Å²) < 4.78 is 4.85. The van der Waals surface area contributed by atoms with Gasteiger partial charge < -0.3 is 20.7 Å². The number of ether oxygens (including phenoxy) is 1. The molecule has 0 aromatic carbocycles. The first kappa shape index (κ1) is 15.2. The minimum Gasteiger partial charge on any atom is -0.383 e. The van der Waals surface area contributed by atoms with Gasteiger partial charge in [0, 0.05) is 20.2 Å². The minimum absolute atomic E-state index is 0.0780. The van der Waals surface area contributed by atoms with Crippen LogP contribution in [0.1, 0.15) is 13.3 Å². The number of nitrogens with one attached hydrogen (secondary N) is 3. The van der Waals surface area contributed by atoms with Crippen LogP contribution in [-0.4, -0.2) is 44.2 Å².